The van der Waals surface area contributed by atoms with Gasteiger partial charge in [0.25, 0.3) is 0 Å². The Bertz CT molecular complexity index is 351. The second-order valence-corrected chi connectivity index (χ2v) is 4.74. The average Bonchev–Trinajstić information content (AvgIpc) is 2.39. The Morgan fingerprint density at radius 1 is 1.28 bits per heavy atom. The van der Waals surface area contributed by atoms with Gasteiger partial charge >= 0.3 is 0 Å². The van der Waals surface area contributed by atoms with Gasteiger partial charge in [-0.1, -0.05) is 50.6 Å². The third kappa shape index (κ3) is 4.49. The summed E-state index contributed by atoms with van der Waals surface area (Å²) in [5.74, 6) is 0.0841. The Kier molecular flexibility index (Phi) is 6.44. The van der Waals surface area contributed by atoms with Crippen LogP contribution in [-0.4, -0.2) is 12.5 Å². The highest BCUT2D eigenvalue weighted by Crippen LogP contribution is 2.19. The van der Waals surface area contributed by atoms with Gasteiger partial charge in [-0.05, 0) is 24.9 Å². The molecule has 3 nitrogen and oxygen atoms in total. The topological polar surface area (TPSA) is 55.1 Å². The lowest BCUT2D eigenvalue weighted by Crippen LogP contribution is -2.33. The Labute approximate surface area is 110 Å². The summed E-state index contributed by atoms with van der Waals surface area (Å²) < 4.78 is 0. The monoisotopic (exact) mass is 248 g/mol. The van der Waals surface area contributed by atoms with Crippen LogP contribution in [0.5, 0.6) is 0 Å². The van der Waals surface area contributed by atoms with Crippen molar-refractivity contribution in [3.8, 4) is 0 Å². The first-order chi connectivity index (χ1) is 8.69. The maximum absolute atomic E-state index is 12.0. The Morgan fingerprint density at radius 2 is 1.94 bits per heavy atom. The van der Waals surface area contributed by atoms with E-state index >= 15 is 0 Å². The second-order valence-electron chi connectivity index (χ2n) is 4.74. The van der Waals surface area contributed by atoms with Crippen molar-refractivity contribution in [1.82, 2.24) is 5.32 Å². The molecule has 0 radical (unpaired) electrons. The molecule has 1 aromatic rings. The highest BCUT2D eigenvalue weighted by Gasteiger charge is 2.17. The molecule has 0 saturated carbocycles. The normalized spacial score (nSPS) is 13.9. The molecule has 0 aliphatic rings. The van der Waals surface area contributed by atoms with E-state index in [-0.39, 0.29) is 17.9 Å². The van der Waals surface area contributed by atoms with Gasteiger partial charge in [-0.25, -0.2) is 0 Å². The molecule has 100 valence electrons. The van der Waals surface area contributed by atoms with Gasteiger partial charge in [-0.15, -0.1) is 0 Å². The summed E-state index contributed by atoms with van der Waals surface area (Å²) in [6, 6.07) is 10.2. The zero-order chi connectivity index (χ0) is 13.4. The molecule has 1 aromatic carbocycles. The van der Waals surface area contributed by atoms with E-state index < -0.39 is 0 Å². The molecule has 3 heteroatoms. The van der Waals surface area contributed by atoms with Crippen molar-refractivity contribution in [2.75, 3.05) is 6.54 Å². The largest absolute Gasteiger partial charge is 0.349 e. The smallest absolute Gasteiger partial charge is 0.223 e. The number of carbonyl (C=O) groups excluding carboxylic acids is 1. The minimum absolute atomic E-state index is 0.0157. The van der Waals surface area contributed by atoms with Gasteiger partial charge in [0.2, 0.25) is 5.91 Å². The molecular formula is C15H24N2O. The zero-order valence-corrected chi connectivity index (χ0v) is 11.4. The summed E-state index contributed by atoms with van der Waals surface area (Å²) in [5.41, 5.74) is 6.66. The van der Waals surface area contributed by atoms with Crippen LogP contribution in [0.3, 0.4) is 0 Å². The van der Waals surface area contributed by atoms with E-state index in [2.05, 4.69) is 24.4 Å². The fraction of sp³-hybridized carbons (Fsp3) is 0.533. The summed E-state index contributed by atoms with van der Waals surface area (Å²) in [4.78, 5) is 12.0. The van der Waals surface area contributed by atoms with Crippen molar-refractivity contribution < 1.29 is 4.79 Å². The summed E-state index contributed by atoms with van der Waals surface area (Å²) in [6.07, 6.45) is 2.75. The number of nitrogens with one attached hydrogen (secondary N) is 1. The third-order valence-corrected chi connectivity index (χ3v) is 3.14. The molecule has 0 fully saturated rings. The van der Waals surface area contributed by atoms with E-state index in [0.29, 0.717) is 6.54 Å². The summed E-state index contributed by atoms with van der Waals surface area (Å²) in [7, 11) is 0. The number of hydrogen-bond acceptors (Lipinski definition) is 2. The van der Waals surface area contributed by atoms with Gasteiger partial charge in [-0.2, -0.15) is 0 Å². The summed E-state index contributed by atoms with van der Waals surface area (Å²) in [6.45, 7) is 4.61. The fourth-order valence-electron chi connectivity index (χ4n) is 1.99. The van der Waals surface area contributed by atoms with Gasteiger partial charge in [0.05, 0.1) is 6.04 Å². The quantitative estimate of drug-likeness (QED) is 0.779. The van der Waals surface area contributed by atoms with Crippen LogP contribution in [0.4, 0.5) is 0 Å². The lowest BCUT2D eigenvalue weighted by molar-refractivity contribution is -0.125. The van der Waals surface area contributed by atoms with Crippen molar-refractivity contribution in [3.05, 3.63) is 35.9 Å². The van der Waals surface area contributed by atoms with E-state index in [9.17, 15) is 4.79 Å². The third-order valence-electron chi connectivity index (χ3n) is 3.14. The van der Waals surface area contributed by atoms with Crippen LogP contribution in [-0.2, 0) is 4.79 Å². The van der Waals surface area contributed by atoms with Gasteiger partial charge < -0.3 is 11.1 Å². The van der Waals surface area contributed by atoms with Crippen LogP contribution < -0.4 is 11.1 Å². The molecule has 2 unspecified atom stereocenters. The van der Waals surface area contributed by atoms with E-state index in [4.69, 9.17) is 5.73 Å². The van der Waals surface area contributed by atoms with Gasteiger partial charge in [0.1, 0.15) is 0 Å². The average molecular weight is 248 g/mol. The molecule has 1 amide bonds. The lowest BCUT2D eigenvalue weighted by Gasteiger charge is -2.21. The molecule has 1 rings (SSSR count). The molecule has 2 atom stereocenters. The molecule has 18 heavy (non-hydrogen) atoms. The van der Waals surface area contributed by atoms with Crippen molar-refractivity contribution in [2.45, 2.75) is 39.2 Å². The molecule has 0 spiro atoms. The van der Waals surface area contributed by atoms with Crippen molar-refractivity contribution in [1.29, 1.82) is 0 Å². The van der Waals surface area contributed by atoms with Crippen LogP contribution in [0.25, 0.3) is 0 Å². The van der Waals surface area contributed by atoms with Crippen LogP contribution in [0.1, 0.15) is 44.7 Å². The number of carbonyl (C=O) groups is 1. The molecule has 0 heterocycles. The van der Waals surface area contributed by atoms with Crippen LogP contribution in [0.2, 0.25) is 0 Å². The number of benzene rings is 1. The van der Waals surface area contributed by atoms with Gasteiger partial charge in [-0.3, -0.25) is 4.79 Å². The number of amides is 1. The zero-order valence-electron chi connectivity index (χ0n) is 11.4. The molecule has 0 aromatic heterocycles. The van der Waals surface area contributed by atoms with Gasteiger partial charge in [0, 0.05) is 5.92 Å². The highest BCUT2D eigenvalue weighted by atomic mass is 16.1. The SMILES string of the molecule is CCCC(NC(=O)C(C)CCN)c1ccccc1. The lowest BCUT2D eigenvalue weighted by atomic mass is 10.0. The fourth-order valence-corrected chi connectivity index (χ4v) is 1.99. The Morgan fingerprint density at radius 3 is 2.50 bits per heavy atom. The predicted octanol–water partition coefficient (Wildman–Crippen LogP) is 2.63. The van der Waals surface area contributed by atoms with Crippen LogP contribution in [0.15, 0.2) is 30.3 Å². The molecule has 0 aliphatic carbocycles. The summed E-state index contributed by atoms with van der Waals surface area (Å²) in [5, 5.41) is 3.12. The van der Waals surface area contributed by atoms with Crippen molar-refractivity contribution >= 4 is 5.91 Å². The molecule has 0 aliphatic heterocycles. The maximum Gasteiger partial charge on any atom is 0.223 e. The summed E-state index contributed by atoms with van der Waals surface area (Å²) >= 11 is 0. The number of nitrogens with two attached hydrogens (primary N) is 1. The first-order valence-corrected chi connectivity index (χ1v) is 6.74. The molecule has 3 N–H and O–H groups in total. The number of rotatable bonds is 7. The first-order valence-electron chi connectivity index (χ1n) is 6.74. The van der Waals surface area contributed by atoms with Crippen LogP contribution in [0, 0.1) is 5.92 Å². The van der Waals surface area contributed by atoms with Crippen molar-refractivity contribution in [2.24, 2.45) is 11.7 Å². The Hall–Kier alpha value is -1.35. The standard InChI is InChI=1S/C15H24N2O/c1-3-7-14(13-8-5-4-6-9-13)17-15(18)12(2)10-11-16/h4-6,8-9,12,14H,3,7,10-11,16H2,1-2H3,(H,17,18). The maximum atomic E-state index is 12.0. The Balaban J connectivity index is 2.66. The second kappa shape index (κ2) is 7.88. The first kappa shape index (κ1) is 14.7. The van der Waals surface area contributed by atoms with E-state index in [1.54, 1.807) is 0 Å². The van der Waals surface area contributed by atoms with E-state index in [0.717, 1.165) is 19.3 Å². The van der Waals surface area contributed by atoms with Gasteiger partial charge in [0.15, 0.2) is 0 Å². The van der Waals surface area contributed by atoms with E-state index in [1.807, 2.05) is 25.1 Å². The van der Waals surface area contributed by atoms with E-state index in [1.165, 1.54) is 5.56 Å². The highest BCUT2D eigenvalue weighted by molar-refractivity contribution is 5.78. The predicted molar refractivity (Wildman–Crippen MR) is 75.1 cm³/mol. The minimum Gasteiger partial charge on any atom is -0.349 e. The van der Waals surface area contributed by atoms with Crippen LogP contribution >= 0.6 is 0 Å². The minimum atomic E-state index is -0.0157. The molecular weight excluding hydrogens is 224 g/mol. The molecule has 0 bridgehead atoms. The number of hydrogen-bond donors (Lipinski definition) is 2. The van der Waals surface area contributed by atoms with Crippen molar-refractivity contribution in [3.63, 3.8) is 0 Å². The molecule has 0 saturated heterocycles.